The van der Waals surface area contributed by atoms with Crippen LogP contribution in [0.2, 0.25) is 0 Å². The Labute approximate surface area is 86.2 Å². The molecule has 0 aliphatic carbocycles. The zero-order valence-corrected chi connectivity index (χ0v) is 7.97. The summed E-state index contributed by atoms with van der Waals surface area (Å²) < 4.78 is 13.2. The predicted octanol–water partition coefficient (Wildman–Crippen LogP) is -0.295. The van der Waals surface area contributed by atoms with Gasteiger partial charge in [-0.05, 0) is 11.6 Å². The van der Waals surface area contributed by atoms with Crippen LogP contribution in [0.1, 0.15) is 17.2 Å². The standard InChI is InChI=1S/C10H13FO4/c11-8-3-6(1-2-7(8)4-12)10(15)9(14)5-13/h1-3,9-10,12-15H,4-5H2. The fourth-order valence-electron chi connectivity index (χ4n) is 1.20. The Hall–Kier alpha value is -1.01. The van der Waals surface area contributed by atoms with Gasteiger partial charge < -0.3 is 20.4 Å². The normalized spacial score (nSPS) is 15.0. The molecule has 1 aromatic carbocycles. The van der Waals surface area contributed by atoms with Crippen molar-refractivity contribution in [1.29, 1.82) is 0 Å². The molecule has 2 atom stereocenters. The van der Waals surface area contributed by atoms with Gasteiger partial charge in [0.15, 0.2) is 0 Å². The van der Waals surface area contributed by atoms with Crippen molar-refractivity contribution in [2.24, 2.45) is 0 Å². The maximum absolute atomic E-state index is 13.2. The summed E-state index contributed by atoms with van der Waals surface area (Å²) in [5, 5.41) is 35.9. The van der Waals surface area contributed by atoms with E-state index in [0.29, 0.717) is 0 Å². The van der Waals surface area contributed by atoms with E-state index in [9.17, 15) is 9.50 Å². The number of hydrogen-bond donors (Lipinski definition) is 4. The molecule has 0 spiro atoms. The smallest absolute Gasteiger partial charge is 0.129 e. The van der Waals surface area contributed by atoms with Crippen LogP contribution in [0.15, 0.2) is 18.2 Å². The summed E-state index contributed by atoms with van der Waals surface area (Å²) in [6, 6.07) is 3.73. The highest BCUT2D eigenvalue weighted by molar-refractivity contribution is 5.26. The van der Waals surface area contributed by atoms with Gasteiger partial charge in [-0.15, -0.1) is 0 Å². The highest BCUT2D eigenvalue weighted by Gasteiger charge is 2.18. The van der Waals surface area contributed by atoms with E-state index >= 15 is 0 Å². The van der Waals surface area contributed by atoms with Crippen LogP contribution in [0.4, 0.5) is 4.39 Å². The molecule has 84 valence electrons. The van der Waals surface area contributed by atoms with Gasteiger partial charge >= 0.3 is 0 Å². The van der Waals surface area contributed by atoms with Gasteiger partial charge in [0, 0.05) is 5.56 Å². The number of rotatable bonds is 4. The Morgan fingerprint density at radius 3 is 2.33 bits per heavy atom. The molecule has 0 aliphatic rings. The molecule has 0 bridgehead atoms. The average Bonchev–Trinajstić information content (AvgIpc) is 2.26. The predicted molar refractivity (Wildman–Crippen MR) is 50.4 cm³/mol. The highest BCUT2D eigenvalue weighted by atomic mass is 19.1. The molecule has 0 saturated carbocycles. The van der Waals surface area contributed by atoms with Gasteiger partial charge in [0.2, 0.25) is 0 Å². The summed E-state index contributed by atoms with van der Waals surface area (Å²) in [6.07, 6.45) is -2.68. The molecule has 0 amide bonds. The molecule has 0 aliphatic heterocycles. The first-order chi connectivity index (χ1) is 7.10. The van der Waals surface area contributed by atoms with Gasteiger partial charge in [-0.25, -0.2) is 4.39 Å². The number of aliphatic hydroxyl groups is 4. The van der Waals surface area contributed by atoms with Crippen LogP contribution in [-0.4, -0.2) is 33.1 Å². The van der Waals surface area contributed by atoms with Crippen molar-refractivity contribution >= 4 is 0 Å². The number of hydrogen-bond acceptors (Lipinski definition) is 4. The van der Waals surface area contributed by atoms with E-state index in [0.717, 1.165) is 6.07 Å². The Morgan fingerprint density at radius 1 is 1.20 bits per heavy atom. The van der Waals surface area contributed by atoms with Gasteiger partial charge in [-0.2, -0.15) is 0 Å². The first-order valence-electron chi connectivity index (χ1n) is 4.46. The molecule has 0 fully saturated rings. The highest BCUT2D eigenvalue weighted by Crippen LogP contribution is 2.19. The first kappa shape index (κ1) is 12.1. The average molecular weight is 216 g/mol. The lowest BCUT2D eigenvalue weighted by Crippen LogP contribution is -2.22. The molecule has 0 heterocycles. The van der Waals surface area contributed by atoms with Gasteiger partial charge in [0.25, 0.3) is 0 Å². The second-order valence-corrected chi connectivity index (χ2v) is 3.20. The molecule has 0 saturated heterocycles. The Kier molecular flexibility index (Phi) is 4.16. The van der Waals surface area contributed by atoms with Crippen LogP contribution in [0.3, 0.4) is 0 Å². The van der Waals surface area contributed by atoms with E-state index in [4.69, 9.17) is 15.3 Å². The van der Waals surface area contributed by atoms with E-state index in [-0.39, 0.29) is 11.1 Å². The zero-order valence-electron chi connectivity index (χ0n) is 7.97. The topological polar surface area (TPSA) is 80.9 Å². The van der Waals surface area contributed by atoms with E-state index in [1.807, 2.05) is 0 Å². The van der Waals surface area contributed by atoms with Gasteiger partial charge in [0.05, 0.1) is 13.2 Å². The maximum Gasteiger partial charge on any atom is 0.129 e. The van der Waals surface area contributed by atoms with E-state index in [2.05, 4.69) is 0 Å². The SMILES string of the molecule is OCc1ccc(C(O)C(O)CO)cc1F. The minimum atomic E-state index is -1.34. The third-order valence-corrected chi connectivity index (χ3v) is 2.14. The summed E-state index contributed by atoms with van der Waals surface area (Å²) in [5.41, 5.74) is 0.274. The van der Waals surface area contributed by atoms with Crippen LogP contribution in [-0.2, 0) is 6.61 Å². The fourth-order valence-corrected chi connectivity index (χ4v) is 1.20. The molecular weight excluding hydrogens is 203 g/mol. The molecule has 0 radical (unpaired) electrons. The van der Waals surface area contributed by atoms with Gasteiger partial charge in [-0.1, -0.05) is 12.1 Å². The summed E-state index contributed by atoms with van der Waals surface area (Å²) in [4.78, 5) is 0. The minimum absolute atomic E-state index is 0.115. The van der Waals surface area contributed by atoms with Crippen molar-refractivity contribution < 1.29 is 24.8 Å². The second kappa shape index (κ2) is 5.18. The summed E-state index contributed by atoms with van der Waals surface area (Å²) in [5.74, 6) is -0.654. The molecule has 5 heteroatoms. The van der Waals surface area contributed by atoms with Crippen molar-refractivity contribution in [2.45, 2.75) is 18.8 Å². The quantitative estimate of drug-likeness (QED) is 0.557. The second-order valence-electron chi connectivity index (χ2n) is 3.20. The van der Waals surface area contributed by atoms with Crippen LogP contribution >= 0.6 is 0 Å². The Bertz CT molecular complexity index is 329. The third-order valence-electron chi connectivity index (χ3n) is 2.14. The van der Waals surface area contributed by atoms with Crippen molar-refractivity contribution in [2.75, 3.05) is 6.61 Å². The van der Waals surface area contributed by atoms with Gasteiger partial charge in [-0.3, -0.25) is 0 Å². The Morgan fingerprint density at radius 2 is 1.87 bits per heavy atom. The molecular formula is C10H13FO4. The summed E-state index contributed by atoms with van der Waals surface area (Å²) in [7, 11) is 0. The lowest BCUT2D eigenvalue weighted by molar-refractivity contribution is -0.0154. The molecule has 15 heavy (non-hydrogen) atoms. The number of benzene rings is 1. The fraction of sp³-hybridized carbons (Fsp3) is 0.400. The molecule has 0 aromatic heterocycles. The van der Waals surface area contributed by atoms with Crippen molar-refractivity contribution in [3.63, 3.8) is 0 Å². The lowest BCUT2D eigenvalue weighted by atomic mass is 10.0. The molecule has 1 rings (SSSR count). The van der Waals surface area contributed by atoms with Crippen LogP contribution in [0.5, 0.6) is 0 Å². The van der Waals surface area contributed by atoms with E-state index < -0.39 is 31.2 Å². The van der Waals surface area contributed by atoms with Crippen LogP contribution in [0.25, 0.3) is 0 Å². The summed E-state index contributed by atoms with van der Waals surface area (Å²) >= 11 is 0. The van der Waals surface area contributed by atoms with Crippen LogP contribution in [0, 0.1) is 5.82 Å². The largest absolute Gasteiger partial charge is 0.394 e. The molecule has 2 unspecified atom stereocenters. The zero-order chi connectivity index (χ0) is 11.4. The van der Waals surface area contributed by atoms with Crippen molar-refractivity contribution in [1.82, 2.24) is 0 Å². The first-order valence-corrected chi connectivity index (χ1v) is 4.46. The monoisotopic (exact) mass is 216 g/mol. The number of halogens is 1. The molecule has 4 N–H and O–H groups in total. The van der Waals surface area contributed by atoms with E-state index in [1.165, 1.54) is 12.1 Å². The lowest BCUT2D eigenvalue weighted by Gasteiger charge is -2.16. The summed E-state index contributed by atoms with van der Waals surface area (Å²) in [6.45, 7) is -1.03. The Balaban J connectivity index is 2.92. The van der Waals surface area contributed by atoms with Crippen molar-refractivity contribution in [3.05, 3.63) is 35.1 Å². The van der Waals surface area contributed by atoms with Gasteiger partial charge in [0.1, 0.15) is 18.0 Å². The molecule has 1 aromatic rings. The van der Waals surface area contributed by atoms with E-state index in [1.54, 1.807) is 0 Å². The van der Waals surface area contributed by atoms with Crippen LogP contribution < -0.4 is 0 Å². The van der Waals surface area contributed by atoms with Crippen molar-refractivity contribution in [3.8, 4) is 0 Å². The minimum Gasteiger partial charge on any atom is -0.394 e. The number of aliphatic hydroxyl groups excluding tert-OH is 4. The molecule has 4 nitrogen and oxygen atoms in total. The maximum atomic E-state index is 13.2. The third kappa shape index (κ3) is 2.73.